The molecule has 0 aliphatic rings. The molecule has 0 unspecified atom stereocenters. The molecule has 3 aromatic rings. The molecule has 0 aliphatic carbocycles. The van der Waals surface area contributed by atoms with Crippen LogP contribution < -0.4 is 5.76 Å². The highest BCUT2D eigenvalue weighted by Crippen LogP contribution is 2.22. The first-order valence-electron chi connectivity index (χ1n) is 9.14. The topological polar surface area (TPSA) is 78.5 Å². The number of nitrogens with zero attached hydrogens (tertiary/aromatic N) is 1. The average molecular weight is 381 g/mol. The van der Waals surface area contributed by atoms with Gasteiger partial charge in [-0.3, -0.25) is 14.2 Å². The third-order valence-electron chi connectivity index (χ3n) is 5.11. The van der Waals surface area contributed by atoms with Crippen molar-refractivity contribution in [1.82, 2.24) is 4.57 Å². The molecule has 0 saturated carbocycles. The molecular formula is C22H23NO5. The fourth-order valence-electron chi connectivity index (χ4n) is 3.43. The lowest BCUT2D eigenvalue weighted by Crippen LogP contribution is -2.20. The number of carbonyl (C=O) groups is 2. The normalized spacial score (nSPS) is 11.0. The summed E-state index contributed by atoms with van der Waals surface area (Å²) < 4.78 is 11.7. The van der Waals surface area contributed by atoms with E-state index in [4.69, 9.17) is 9.15 Å². The number of oxazole rings is 1. The van der Waals surface area contributed by atoms with Crippen LogP contribution in [0.2, 0.25) is 0 Å². The van der Waals surface area contributed by atoms with Gasteiger partial charge in [0, 0.05) is 12.1 Å². The predicted molar refractivity (Wildman–Crippen MR) is 106 cm³/mol. The molecule has 0 aliphatic heterocycles. The first kappa shape index (κ1) is 19.6. The van der Waals surface area contributed by atoms with Crippen molar-refractivity contribution >= 4 is 22.9 Å². The fourth-order valence-corrected chi connectivity index (χ4v) is 3.43. The summed E-state index contributed by atoms with van der Waals surface area (Å²) in [6.07, 6.45) is -0.0262. The summed E-state index contributed by atoms with van der Waals surface area (Å²) in [6, 6.07) is 8.97. The van der Waals surface area contributed by atoms with E-state index in [0.717, 1.165) is 22.3 Å². The van der Waals surface area contributed by atoms with Crippen LogP contribution in [0.25, 0.3) is 11.1 Å². The first-order valence-corrected chi connectivity index (χ1v) is 9.14. The summed E-state index contributed by atoms with van der Waals surface area (Å²) in [5.74, 6) is -1.28. The zero-order valence-corrected chi connectivity index (χ0v) is 16.5. The van der Waals surface area contributed by atoms with Crippen LogP contribution in [0.1, 0.15) is 39.0 Å². The number of ether oxygens (including phenoxy) is 1. The summed E-state index contributed by atoms with van der Waals surface area (Å²) in [4.78, 5) is 36.6. The highest BCUT2D eigenvalue weighted by molar-refractivity contribution is 6.00. The van der Waals surface area contributed by atoms with Gasteiger partial charge in [0.25, 0.3) is 0 Å². The second-order valence-corrected chi connectivity index (χ2v) is 6.96. The van der Waals surface area contributed by atoms with Crippen LogP contribution >= 0.6 is 0 Å². The van der Waals surface area contributed by atoms with E-state index in [1.165, 1.54) is 4.57 Å². The van der Waals surface area contributed by atoms with Crippen molar-refractivity contribution in [3.8, 4) is 0 Å². The van der Waals surface area contributed by atoms with E-state index in [-0.39, 0.29) is 25.4 Å². The van der Waals surface area contributed by atoms with Gasteiger partial charge in [-0.1, -0.05) is 18.2 Å². The van der Waals surface area contributed by atoms with Gasteiger partial charge >= 0.3 is 11.7 Å². The molecule has 0 amide bonds. The molecule has 6 heteroatoms. The highest BCUT2D eigenvalue weighted by atomic mass is 16.5. The van der Waals surface area contributed by atoms with Gasteiger partial charge in [0.05, 0.1) is 11.9 Å². The molecule has 1 aromatic heterocycles. The molecule has 0 spiro atoms. The molecule has 0 fully saturated rings. The van der Waals surface area contributed by atoms with Crippen LogP contribution in [0, 0.1) is 27.7 Å². The summed E-state index contributed by atoms with van der Waals surface area (Å²) >= 11 is 0. The molecule has 146 valence electrons. The summed E-state index contributed by atoms with van der Waals surface area (Å²) in [5, 5.41) is 0. The minimum absolute atomic E-state index is 0.0262. The number of carbonyl (C=O) groups excluding carboxylic acids is 2. The zero-order chi connectivity index (χ0) is 20.4. The number of para-hydroxylation sites is 2. The Hall–Kier alpha value is -3.15. The Bertz CT molecular complexity index is 1120. The molecular weight excluding hydrogens is 358 g/mol. The van der Waals surface area contributed by atoms with Crippen molar-refractivity contribution in [2.75, 3.05) is 6.61 Å². The number of fused-ring (bicyclic) bond motifs is 1. The Morgan fingerprint density at radius 3 is 2.50 bits per heavy atom. The van der Waals surface area contributed by atoms with Crippen molar-refractivity contribution in [2.45, 2.75) is 40.7 Å². The van der Waals surface area contributed by atoms with Gasteiger partial charge in [-0.05, 0) is 62.1 Å². The standard InChI is InChI=1S/C22H23NO5/c1-13-11-14(2)21(16(4)15(13)3)18(24)12-27-20(25)9-10-23-17-7-5-6-8-19(17)28-22(23)26/h5-8,11H,9-10,12H2,1-4H3. The Labute approximate surface area is 162 Å². The van der Waals surface area contributed by atoms with Crippen LogP contribution in [0.5, 0.6) is 0 Å². The SMILES string of the molecule is Cc1cc(C)c(C(=O)COC(=O)CCn2c(=O)oc3ccccc32)c(C)c1C. The molecule has 2 aromatic carbocycles. The van der Waals surface area contributed by atoms with Crippen LogP contribution in [0.4, 0.5) is 0 Å². The van der Waals surface area contributed by atoms with Crippen LogP contribution in [0.15, 0.2) is 39.5 Å². The van der Waals surface area contributed by atoms with Gasteiger partial charge in [0.1, 0.15) is 0 Å². The zero-order valence-electron chi connectivity index (χ0n) is 16.5. The molecule has 1 heterocycles. The summed E-state index contributed by atoms with van der Waals surface area (Å²) in [7, 11) is 0. The maximum absolute atomic E-state index is 12.6. The Balaban J connectivity index is 1.63. The second kappa shape index (κ2) is 7.84. The number of hydrogen-bond acceptors (Lipinski definition) is 5. The number of Topliss-reactive ketones (excluding diaryl/α,β-unsaturated/α-hetero) is 1. The smallest absolute Gasteiger partial charge is 0.419 e. The van der Waals surface area contributed by atoms with E-state index in [1.807, 2.05) is 33.8 Å². The van der Waals surface area contributed by atoms with E-state index in [9.17, 15) is 14.4 Å². The maximum atomic E-state index is 12.6. The molecule has 0 N–H and O–H groups in total. The van der Waals surface area contributed by atoms with Crippen molar-refractivity contribution < 1.29 is 18.7 Å². The fraction of sp³-hybridized carbons (Fsp3) is 0.318. The van der Waals surface area contributed by atoms with Crippen LogP contribution in [-0.4, -0.2) is 22.9 Å². The molecule has 0 saturated heterocycles. The summed E-state index contributed by atoms with van der Waals surface area (Å²) in [5.41, 5.74) is 5.67. The van der Waals surface area contributed by atoms with Crippen molar-refractivity contribution in [2.24, 2.45) is 0 Å². The third-order valence-corrected chi connectivity index (χ3v) is 5.11. The van der Waals surface area contributed by atoms with Gasteiger partial charge in [0.2, 0.25) is 5.78 Å². The lowest BCUT2D eigenvalue weighted by Gasteiger charge is -2.14. The molecule has 6 nitrogen and oxygen atoms in total. The Morgan fingerprint density at radius 1 is 1.04 bits per heavy atom. The van der Waals surface area contributed by atoms with Crippen LogP contribution in [0.3, 0.4) is 0 Å². The van der Waals surface area contributed by atoms with E-state index >= 15 is 0 Å². The molecule has 3 rings (SSSR count). The van der Waals surface area contributed by atoms with Gasteiger partial charge in [-0.25, -0.2) is 4.79 Å². The maximum Gasteiger partial charge on any atom is 0.419 e. The Kier molecular flexibility index (Phi) is 5.49. The lowest BCUT2D eigenvalue weighted by molar-refractivity contribution is -0.142. The highest BCUT2D eigenvalue weighted by Gasteiger charge is 2.17. The minimum atomic E-state index is -0.537. The van der Waals surface area contributed by atoms with E-state index in [2.05, 4.69) is 0 Å². The number of hydrogen-bond donors (Lipinski definition) is 0. The number of aryl methyl sites for hydroxylation is 3. The molecule has 0 bridgehead atoms. The quantitative estimate of drug-likeness (QED) is 0.481. The average Bonchev–Trinajstić information content (AvgIpc) is 2.98. The van der Waals surface area contributed by atoms with E-state index < -0.39 is 11.7 Å². The predicted octanol–water partition coefficient (Wildman–Crippen LogP) is 3.64. The van der Waals surface area contributed by atoms with Crippen molar-refractivity contribution in [3.63, 3.8) is 0 Å². The Morgan fingerprint density at radius 2 is 1.75 bits per heavy atom. The number of rotatable bonds is 6. The van der Waals surface area contributed by atoms with Gasteiger partial charge in [0.15, 0.2) is 12.2 Å². The lowest BCUT2D eigenvalue weighted by atomic mass is 9.92. The number of esters is 1. The monoisotopic (exact) mass is 381 g/mol. The van der Waals surface area contributed by atoms with E-state index in [1.54, 1.807) is 24.3 Å². The van der Waals surface area contributed by atoms with Crippen LogP contribution in [-0.2, 0) is 16.1 Å². The largest absolute Gasteiger partial charge is 0.457 e. The molecule has 0 radical (unpaired) electrons. The number of benzene rings is 2. The van der Waals surface area contributed by atoms with Gasteiger partial charge < -0.3 is 9.15 Å². The molecule has 0 atom stereocenters. The minimum Gasteiger partial charge on any atom is -0.457 e. The van der Waals surface area contributed by atoms with Gasteiger partial charge in [-0.15, -0.1) is 0 Å². The number of ketones is 1. The van der Waals surface area contributed by atoms with Crippen molar-refractivity contribution in [1.29, 1.82) is 0 Å². The number of aromatic nitrogens is 1. The van der Waals surface area contributed by atoms with Gasteiger partial charge in [-0.2, -0.15) is 0 Å². The first-order chi connectivity index (χ1) is 13.3. The third kappa shape index (κ3) is 3.76. The summed E-state index contributed by atoms with van der Waals surface area (Å²) in [6.45, 7) is 7.57. The molecule has 28 heavy (non-hydrogen) atoms. The second-order valence-electron chi connectivity index (χ2n) is 6.96. The van der Waals surface area contributed by atoms with E-state index in [0.29, 0.717) is 16.7 Å². The van der Waals surface area contributed by atoms with Crippen molar-refractivity contribution in [3.05, 3.63) is 68.7 Å².